The molecular formula is C21H35BF2. The lowest BCUT2D eigenvalue weighted by molar-refractivity contribution is -0.102. The Morgan fingerprint density at radius 3 is 1.96 bits per heavy atom. The summed E-state index contributed by atoms with van der Waals surface area (Å²) in [6.07, 6.45) is 1.44. The molecule has 0 fully saturated rings. The second-order valence-electron chi connectivity index (χ2n) is 9.91. The lowest BCUT2D eigenvalue weighted by Crippen LogP contribution is -2.34. The predicted octanol–water partition coefficient (Wildman–Crippen LogP) is 5.85. The number of rotatable bonds is 6. The van der Waals surface area contributed by atoms with Gasteiger partial charge >= 0.3 is 0 Å². The molecule has 1 aromatic carbocycles. The summed E-state index contributed by atoms with van der Waals surface area (Å²) in [6, 6.07) is 8.20. The zero-order valence-electron chi connectivity index (χ0n) is 16.9. The van der Waals surface area contributed by atoms with Crippen molar-refractivity contribution in [2.75, 3.05) is 0 Å². The Balaban J connectivity index is 2.72. The molecule has 0 N–H and O–H groups in total. The number of hydrogen-bond acceptors (Lipinski definition) is 0. The van der Waals surface area contributed by atoms with Crippen LogP contribution in [0.4, 0.5) is 8.78 Å². The van der Waals surface area contributed by atoms with E-state index in [-0.39, 0.29) is 17.3 Å². The second-order valence-corrected chi connectivity index (χ2v) is 9.91. The second kappa shape index (κ2) is 7.18. The molecule has 1 rings (SSSR count). The van der Waals surface area contributed by atoms with E-state index in [9.17, 15) is 8.78 Å². The maximum Gasteiger partial charge on any atom is 0.253 e. The molecule has 0 unspecified atom stereocenters. The number of hydrogen-bond donors (Lipinski definition) is 0. The van der Waals surface area contributed by atoms with E-state index < -0.39 is 11.3 Å². The molecule has 0 heterocycles. The molecule has 0 aromatic heterocycles. The molecule has 0 aliphatic rings. The highest BCUT2D eigenvalue weighted by molar-refractivity contribution is 6.53. The Hall–Kier alpha value is -0.855. The fourth-order valence-corrected chi connectivity index (χ4v) is 2.45. The van der Waals surface area contributed by atoms with Crippen molar-refractivity contribution >= 4 is 12.7 Å². The third kappa shape index (κ3) is 5.60. The summed E-state index contributed by atoms with van der Waals surface area (Å²) in [5.41, 5.74) is 1.78. The molecule has 24 heavy (non-hydrogen) atoms. The largest absolute Gasteiger partial charge is 0.253 e. The van der Waals surface area contributed by atoms with E-state index in [0.717, 1.165) is 19.2 Å². The molecule has 0 saturated heterocycles. The van der Waals surface area contributed by atoms with Gasteiger partial charge < -0.3 is 0 Å². The van der Waals surface area contributed by atoms with Crippen LogP contribution in [-0.4, -0.2) is 13.2 Å². The predicted molar refractivity (Wildman–Crippen MR) is 104 cm³/mol. The average Bonchev–Trinajstić information content (AvgIpc) is 2.41. The zero-order chi connectivity index (χ0) is 18.8. The van der Waals surface area contributed by atoms with Gasteiger partial charge in [-0.1, -0.05) is 91.4 Å². The Morgan fingerprint density at radius 1 is 0.875 bits per heavy atom. The van der Waals surface area contributed by atoms with Crippen LogP contribution in [0.5, 0.6) is 0 Å². The SMILES string of the molecule is CC(C)(C)C(C)(C)CBc1cccc(CCC(F)(F)C(C)(C)C)c1. The van der Waals surface area contributed by atoms with E-state index in [0.29, 0.717) is 6.42 Å². The highest BCUT2D eigenvalue weighted by Gasteiger charge is 2.42. The monoisotopic (exact) mass is 336 g/mol. The first-order valence-corrected chi connectivity index (χ1v) is 9.11. The Labute approximate surface area is 148 Å². The molecule has 0 spiro atoms. The van der Waals surface area contributed by atoms with Crippen LogP contribution >= 0.6 is 0 Å². The fraction of sp³-hybridized carbons (Fsp3) is 0.714. The van der Waals surface area contributed by atoms with Crippen molar-refractivity contribution in [2.45, 2.75) is 80.5 Å². The zero-order valence-corrected chi connectivity index (χ0v) is 16.9. The van der Waals surface area contributed by atoms with Crippen LogP contribution in [0.25, 0.3) is 0 Å². The van der Waals surface area contributed by atoms with Crippen LogP contribution in [-0.2, 0) is 6.42 Å². The van der Waals surface area contributed by atoms with E-state index in [1.165, 1.54) is 5.46 Å². The minimum absolute atomic E-state index is 0.0898. The third-order valence-electron chi connectivity index (χ3n) is 5.89. The Kier molecular flexibility index (Phi) is 6.34. The van der Waals surface area contributed by atoms with Crippen molar-refractivity contribution in [1.29, 1.82) is 0 Å². The summed E-state index contributed by atoms with van der Waals surface area (Å²) in [5, 5.41) is 0. The van der Waals surface area contributed by atoms with E-state index in [1.54, 1.807) is 20.8 Å². The highest BCUT2D eigenvalue weighted by atomic mass is 19.3. The van der Waals surface area contributed by atoms with E-state index in [2.05, 4.69) is 46.8 Å². The Morgan fingerprint density at radius 2 is 1.46 bits per heavy atom. The van der Waals surface area contributed by atoms with Gasteiger partial charge in [-0.05, 0) is 22.8 Å². The van der Waals surface area contributed by atoms with Crippen molar-refractivity contribution in [3.8, 4) is 0 Å². The topological polar surface area (TPSA) is 0 Å². The van der Waals surface area contributed by atoms with Crippen LogP contribution in [0.15, 0.2) is 24.3 Å². The molecule has 1 aromatic rings. The van der Waals surface area contributed by atoms with Crippen LogP contribution in [0.1, 0.15) is 67.4 Å². The van der Waals surface area contributed by atoms with Crippen molar-refractivity contribution in [2.24, 2.45) is 16.2 Å². The molecule has 0 saturated carbocycles. The van der Waals surface area contributed by atoms with Gasteiger partial charge in [-0.3, -0.25) is 0 Å². The normalized spacial score (nSPS) is 13.9. The van der Waals surface area contributed by atoms with Gasteiger partial charge in [0, 0.05) is 11.8 Å². The summed E-state index contributed by atoms with van der Waals surface area (Å²) < 4.78 is 28.3. The maximum absolute atomic E-state index is 14.2. The quantitative estimate of drug-likeness (QED) is 0.571. The van der Waals surface area contributed by atoms with E-state index in [4.69, 9.17) is 0 Å². The summed E-state index contributed by atoms with van der Waals surface area (Å²) in [7, 11) is 0.994. The van der Waals surface area contributed by atoms with Gasteiger partial charge in [0.05, 0.1) is 0 Å². The summed E-state index contributed by atoms with van der Waals surface area (Å²) in [4.78, 5) is 0. The minimum atomic E-state index is -2.64. The van der Waals surface area contributed by atoms with Crippen molar-refractivity contribution in [3.05, 3.63) is 29.8 Å². The first kappa shape index (κ1) is 21.2. The summed E-state index contributed by atoms with van der Waals surface area (Å²) >= 11 is 0. The average molecular weight is 336 g/mol. The van der Waals surface area contributed by atoms with E-state index in [1.807, 2.05) is 12.1 Å². The third-order valence-corrected chi connectivity index (χ3v) is 5.89. The van der Waals surface area contributed by atoms with Crippen LogP contribution in [0.3, 0.4) is 0 Å². The van der Waals surface area contributed by atoms with Gasteiger partial charge in [-0.15, -0.1) is 0 Å². The van der Waals surface area contributed by atoms with Crippen molar-refractivity contribution in [1.82, 2.24) is 0 Å². The number of benzene rings is 1. The highest BCUT2D eigenvalue weighted by Crippen LogP contribution is 2.41. The molecule has 0 radical (unpaired) electrons. The summed E-state index contributed by atoms with van der Waals surface area (Å²) in [5.74, 6) is -2.64. The molecule has 136 valence electrons. The van der Waals surface area contributed by atoms with Crippen LogP contribution in [0.2, 0.25) is 6.32 Å². The van der Waals surface area contributed by atoms with Crippen LogP contribution < -0.4 is 5.46 Å². The summed E-state index contributed by atoms with van der Waals surface area (Å²) in [6.45, 7) is 16.3. The molecule has 3 heteroatoms. The van der Waals surface area contributed by atoms with Crippen molar-refractivity contribution in [3.63, 3.8) is 0 Å². The van der Waals surface area contributed by atoms with Gasteiger partial charge in [-0.25, -0.2) is 8.78 Å². The smallest absolute Gasteiger partial charge is 0.206 e. The molecule has 0 amide bonds. The maximum atomic E-state index is 14.2. The standard InChI is InChI=1S/C21H35BF2/c1-18(2,3)20(7,8)15-22-17-11-9-10-16(14-17)12-13-21(23,24)19(4,5)6/h9-11,14,22H,12-13,15H2,1-8H3. The minimum Gasteiger partial charge on any atom is -0.206 e. The number of alkyl halides is 2. The van der Waals surface area contributed by atoms with Gasteiger partial charge in [-0.2, -0.15) is 0 Å². The van der Waals surface area contributed by atoms with Gasteiger partial charge in [0.1, 0.15) is 0 Å². The first-order chi connectivity index (χ1) is 10.7. The number of halogens is 2. The lowest BCUT2D eigenvalue weighted by atomic mass is 9.53. The lowest BCUT2D eigenvalue weighted by Gasteiger charge is -2.39. The molecule has 0 nitrogen and oxygen atoms in total. The first-order valence-electron chi connectivity index (χ1n) is 9.11. The van der Waals surface area contributed by atoms with E-state index >= 15 is 0 Å². The number of aryl methyl sites for hydroxylation is 1. The molecule has 0 bridgehead atoms. The fourth-order valence-electron chi connectivity index (χ4n) is 2.45. The van der Waals surface area contributed by atoms with Gasteiger partial charge in [0.25, 0.3) is 5.92 Å². The van der Waals surface area contributed by atoms with Crippen molar-refractivity contribution < 1.29 is 8.78 Å². The molecule has 0 atom stereocenters. The van der Waals surface area contributed by atoms with Gasteiger partial charge in [0.15, 0.2) is 7.28 Å². The Bertz CT molecular complexity index is 488. The van der Waals surface area contributed by atoms with Crippen LogP contribution in [0, 0.1) is 16.2 Å². The molecule has 0 aliphatic carbocycles. The molecular weight excluding hydrogens is 301 g/mol. The van der Waals surface area contributed by atoms with Gasteiger partial charge in [0.2, 0.25) is 0 Å². The molecule has 0 aliphatic heterocycles.